The van der Waals surface area contributed by atoms with Crippen molar-refractivity contribution in [1.29, 1.82) is 0 Å². The molecule has 31 heavy (non-hydrogen) atoms. The molecule has 0 aliphatic rings. The molecular formula is C23H49N2O5P. The van der Waals surface area contributed by atoms with Gasteiger partial charge in [-0.05, 0) is 26.4 Å². The third-order valence-electron chi connectivity index (χ3n) is 5.44. The third-order valence-corrected chi connectivity index (χ3v) is 6.43. The molecule has 7 nitrogen and oxygen atoms in total. The number of likely N-dealkylation sites (N-methyl/N-ethyl adjacent to an activating group) is 1. The molecule has 0 aliphatic carbocycles. The van der Waals surface area contributed by atoms with Crippen molar-refractivity contribution in [3.8, 4) is 0 Å². The Kier molecular flexibility index (Phi) is 20.2. The van der Waals surface area contributed by atoms with Crippen LogP contribution in [0.25, 0.3) is 0 Å². The smallest absolute Gasteiger partial charge is 0.387 e. The maximum atomic E-state index is 11.8. The number of rotatable bonds is 22. The van der Waals surface area contributed by atoms with Crippen LogP contribution in [0.15, 0.2) is 12.2 Å². The molecule has 0 amide bonds. The quantitative estimate of drug-likeness (QED) is 0.117. The first kappa shape index (κ1) is 30.7. The zero-order valence-electron chi connectivity index (χ0n) is 20.2. The number of nitrogens with zero attached hydrogens (tertiary/aromatic N) is 1. The summed E-state index contributed by atoms with van der Waals surface area (Å²) in [5.41, 5.74) is 5.85. The molecule has 0 bridgehead atoms. The van der Waals surface area contributed by atoms with Crippen molar-refractivity contribution in [2.75, 3.05) is 33.4 Å². The Morgan fingerprint density at radius 1 is 0.968 bits per heavy atom. The third kappa shape index (κ3) is 20.1. The minimum Gasteiger partial charge on any atom is -0.387 e. The molecule has 4 N–H and O–H groups in total. The average molecular weight is 465 g/mol. The Bertz CT molecular complexity index is 479. The lowest BCUT2D eigenvalue weighted by molar-refractivity contribution is 0.106. The molecular weight excluding hydrogens is 415 g/mol. The number of hydrogen-bond donors (Lipinski definition) is 3. The second kappa shape index (κ2) is 20.3. The number of allylic oxidation sites excluding steroid dienone is 1. The minimum atomic E-state index is -4.15. The largest absolute Gasteiger partial charge is 0.472 e. The highest BCUT2D eigenvalue weighted by Gasteiger charge is 2.24. The first-order valence-electron chi connectivity index (χ1n) is 12.2. The van der Waals surface area contributed by atoms with Crippen molar-refractivity contribution in [3.63, 3.8) is 0 Å². The van der Waals surface area contributed by atoms with Crippen LogP contribution < -0.4 is 5.73 Å². The van der Waals surface area contributed by atoms with E-state index in [4.69, 9.17) is 14.8 Å². The van der Waals surface area contributed by atoms with E-state index < -0.39 is 20.0 Å². The van der Waals surface area contributed by atoms with Gasteiger partial charge in [-0.2, -0.15) is 0 Å². The van der Waals surface area contributed by atoms with E-state index in [1.807, 2.05) is 24.9 Å². The van der Waals surface area contributed by atoms with Gasteiger partial charge in [0.2, 0.25) is 0 Å². The van der Waals surface area contributed by atoms with Crippen LogP contribution in [0.1, 0.15) is 90.9 Å². The summed E-state index contributed by atoms with van der Waals surface area (Å²) >= 11 is 0. The highest BCUT2D eigenvalue weighted by Crippen LogP contribution is 2.43. The summed E-state index contributed by atoms with van der Waals surface area (Å²) in [6.07, 6.45) is 17.9. The number of aliphatic hydroxyl groups is 1. The molecule has 0 fully saturated rings. The monoisotopic (exact) mass is 464 g/mol. The van der Waals surface area contributed by atoms with E-state index in [1.165, 1.54) is 64.2 Å². The zero-order chi connectivity index (χ0) is 23.4. The van der Waals surface area contributed by atoms with Crippen molar-refractivity contribution in [1.82, 2.24) is 4.90 Å². The zero-order valence-corrected chi connectivity index (χ0v) is 21.1. The van der Waals surface area contributed by atoms with Gasteiger partial charge in [-0.1, -0.05) is 90.2 Å². The molecule has 186 valence electrons. The van der Waals surface area contributed by atoms with E-state index in [9.17, 15) is 14.6 Å². The van der Waals surface area contributed by atoms with Gasteiger partial charge < -0.3 is 20.6 Å². The molecule has 0 spiro atoms. The topological polar surface area (TPSA) is 105 Å². The molecule has 0 saturated carbocycles. The van der Waals surface area contributed by atoms with Crippen LogP contribution in [0.5, 0.6) is 0 Å². The number of unbranched alkanes of at least 4 members (excludes halogenated alkanes) is 11. The molecule has 0 aromatic carbocycles. The summed E-state index contributed by atoms with van der Waals surface area (Å²) in [4.78, 5) is 11.6. The molecule has 3 atom stereocenters. The van der Waals surface area contributed by atoms with Crippen LogP contribution >= 0.6 is 7.82 Å². The van der Waals surface area contributed by atoms with Gasteiger partial charge in [0.15, 0.2) is 0 Å². The van der Waals surface area contributed by atoms with Gasteiger partial charge in [0.1, 0.15) is 0 Å². The van der Waals surface area contributed by atoms with Gasteiger partial charge in [0, 0.05) is 6.54 Å². The molecule has 0 aromatic rings. The van der Waals surface area contributed by atoms with Crippen LogP contribution in [0, 0.1) is 0 Å². The molecule has 0 aromatic heterocycles. The van der Waals surface area contributed by atoms with Crippen molar-refractivity contribution in [2.45, 2.75) is 103 Å². The van der Waals surface area contributed by atoms with Crippen molar-refractivity contribution < 1.29 is 23.6 Å². The summed E-state index contributed by atoms with van der Waals surface area (Å²) in [5, 5.41) is 10.1. The van der Waals surface area contributed by atoms with Crippen LogP contribution in [-0.2, 0) is 13.6 Å². The fourth-order valence-corrected chi connectivity index (χ4v) is 3.84. The van der Waals surface area contributed by atoms with E-state index in [-0.39, 0.29) is 13.2 Å². The predicted molar refractivity (Wildman–Crippen MR) is 129 cm³/mol. The Labute approximate surface area is 191 Å². The molecule has 0 aliphatic heterocycles. The van der Waals surface area contributed by atoms with Gasteiger partial charge in [0.05, 0.1) is 25.4 Å². The SMILES string of the molecule is CCCCCCCCCCCCC/C=C/[C@@H](O)[C@@H](N)COP(=O)(O)OCCN(C)CC. The van der Waals surface area contributed by atoms with E-state index in [2.05, 4.69) is 6.92 Å². The van der Waals surface area contributed by atoms with E-state index in [1.54, 1.807) is 6.08 Å². The predicted octanol–water partition coefficient (Wildman–Crippen LogP) is 5.02. The summed E-state index contributed by atoms with van der Waals surface area (Å²) < 4.78 is 21.6. The summed E-state index contributed by atoms with van der Waals surface area (Å²) in [6, 6.07) is -0.782. The molecule has 0 radical (unpaired) electrons. The molecule has 0 heterocycles. The second-order valence-corrected chi connectivity index (χ2v) is 9.85. The summed E-state index contributed by atoms with van der Waals surface area (Å²) in [5.74, 6) is 0. The number of aliphatic hydroxyl groups excluding tert-OH is 1. The summed E-state index contributed by atoms with van der Waals surface area (Å²) in [7, 11) is -2.26. The number of hydrogen-bond acceptors (Lipinski definition) is 6. The lowest BCUT2D eigenvalue weighted by Gasteiger charge is -2.19. The Balaban J connectivity index is 3.72. The molecule has 8 heteroatoms. The Hall–Kier alpha value is -0.270. The average Bonchev–Trinajstić information content (AvgIpc) is 2.74. The minimum absolute atomic E-state index is 0.0920. The highest BCUT2D eigenvalue weighted by atomic mass is 31.2. The van der Waals surface area contributed by atoms with Gasteiger partial charge in [0.25, 0.3) is 0 Å². The van der Waals surface area contributed by atoms with Crippen molar-refractivity contribution in [2.24, 2.45) is 5.73 Å². The van der Waals surface area contributed by atoms with E-state index >= 15 is 0 Å². The van der Waals surface area contributed by atoms with Gasteiger partial charge in [-0.25, -0.2) is 4.57 Å². The molecule has 1 unspecified atom stereocenters. The van der Waals surface area contributed by atoms with E-state index in [0.29, 0.717) is 6.54 Å². The normalized spacial score (nSPS) is 16.1. The fourth-order valence-electron chi connectivity index (χ4n) is 3.09. The molecule has 0 saturated heterocycles. The van der Waals surface area contributed by atoms with E-state index in [0.717, 1.165) is 19.4 Å². The Morgan fingerprint density at radius 2 is 1.52 bits per heavy atom. The maximum Gasteiger partial charge on any atom is 0.472 e. The van der Waals surface area contributed by atoms with Crippen LogP contribution in [0.2, 0.25) is 0 Å². The number of phosphoric acid groups is 1. The number of nitrogens with two attached hydrogens (primary N) is 1. The lowest BCUT2D eigenvalue weighted by Crippen LogP contribution is -2.37. The van der Waals surface area contributed by atoms with Crippen LogP contribution in [0.4, 0.5) is 0 Å². The molecule has 0 rings (SSSR count). The first-order valence-corrected chi connectivity index (χ1v) is 13.7. The maximum absolute atomic E-state index is 11.8. The standard InChI is InChI=1S/C23H49N2O5P/c1-4-6-7-8-9-10-11-12-13-14-15-16-17-18-23(26)22(24)21-30-31(27,28)29-20-19-25(3)5-2/h17-18,22-23,26H,4-16,19-21,24H2,1-3H3,(H,27,28)/b18-17+/t22-,23+/m0/s1. The van der Waals surface area contributed by atoms with Crippen LogP contribution in [-0.4, -0.2) is 60.4 Å². The first-order chi connectivity index (χ1) is 14.8. The van der Waals surface area contributed by atoms with Crippen molar-refractivity contribution >= 4 is 7.82 Å². The number of phosphoric ester groups is 1. The highest BCUT2D eigenvalue weighted by molar-refractivity contribution is 7.47. The van der Waals surface area contributed by atoms with Crippen LogP contribution in [0.3, 0.4) is 0 Å². The van der Waals surface area contributed by atoms with Gasteiger partial charge in [-0.15, -0.1) is 0 Å². The fraction of sp³-hybridized carbons (Fsp3) is 0.913. The lowest BCUT2D eigenvalue weighted by atomic mass is 10.0. The van der Waals surface area contributed by atoms with Gasteiger partial charge >= 0.3 is 7.82 Å². The Morgan fingerprint density at radius 3 is 2.06 bits per heavy atom. The summed E-state index contributed by atoms with van der Waals surface area (Å²) in [6.45, 7) is 5.43. The van der Waals surface area contributed by atoms with Crippen molar-refractivity contribution in [3.05, 3.63) is 12.2 Å². The second-order valence-electron chi connectivity index (χ2n) is 8.40. The van der Waals surface area contributed by atoms with Gasteiger partial charge in [-0.3, -0.25) is 9.05 Å².